The molecule has 0 fully saturated rings. The summed E-state index contributed by atoms with van der Waals surface area (Å²) in [5, 5.41) is 0. The van der Waals surface area contributed by atoms with E-state index in [1.807, 2.05) is 17.0 Å². The minimum atomic E-state index is -4.08. The number of anilines is 1. The fraction of sp³-hybridized carbons (Fsp3) is 0.462. The van der Waals surface area contributed by atoms with Crippen molar-refractivity contribution >= 4 is 12.0 Å². The Balaban J connectivity index is 1.97. The number of hydrogen-bond donors (Lipinski definition) is 0. The van der Waals surface area contributed by atoms with Crippen LogP contribution in [0.5, 0.6) is 0 Å². The van der Waals surface area contributed by atoms with Gasteiger partial charge in [0.05, 0.1) is 0 Å². The monoisotopic (exact) mass is 257 g/mol. The molecule has 0 saturated carbocycles. The van der Waals surface area contributed by atoms with E-state index in [4.69, 9.17) is 0 Å². The Morgan fingerprint density at radius 2 is 2.11 bits per heavy atom. The van der Waals surface area contributed by atoms with Gasteiger partial charge in [-0.25, -0.2) is 0 Å². The number of hydrogen-bond acceptors (Lipinski definition) is 2. The molecule has 1 aromatic carbocycles. The van der Waals surface area contributed by atoms with Crippen molar-refractivity contribution in [2.45, 2.75) is 25.4 Å². The number of rotatable bonds is 4. The summed E-state index contributed by atoms with van der Waals surface area (Å²) >= 11 is 0. The Morgan fingerprint density at radius 3 is 2.78 bits per heavy atom. The molecule has 2 rings (SSSR count). The van der Waals surface area contributed by atoms with Crippen LogP contribution in [0.2, 0.25) is 0 Å². The number of benzene rings is 1. The van der Waals surface area contributed by atoms with Crippen LogP contribution in [0.15, 0.2) is 18.2 Å². The topological polar surface area (TPSA) is 20.3 Å². The Labute approximate surface area is 103 Å². The maximum Gasteiger partial charge on any atom is 0.389 e. The number of halogens is 3. The lowest BCUT2D eigenvalue weighted by Gasteiger charge is -2.19. The standard InChI is InChI=1S/C13H14F3NO/c14-13(15,16)5-1-6-17-7-4-11-8-10(9-18)2-3-12(11)17/h2-3,8-9H,1,4-7H2. The zero-order chi connectivity index (χ0) is 13.2. The molecule has 1 aliphatic rings. The van der Waals surface area contributed by atoms with Crippen LogP contribution in [0.3, 0.4) is 0 Å². The molecule has 0 radical (unpaired) electrons. The van der Waals surface area contributed by atoms with E-state index in [0.717, 1.165) is 30.5 Å². The molecule has 18 heavy (non-hydrogen) atoms. The summed E-state index contributed by atoms with van der Waals surface area (Å²) in [5.41, 5.74) is 2.63. The van der Waals surface area contributed by atoms with E-state index < -0.39 is 12.6 Å². The summed E-state index contributed by atoms with van der Waals surface area (Å²) in [5.74, 6) is 0. The molecule has 0 aromatic heterocycles. The number of alkyl halides is 3. The summed E-state index contributed by atoms with van der Waals surface area (Å²) in [6.45, 7) is 1.14. The van der Waals surface area contributed by atoms with Gasteiger partial charge in [-0.3, -0.25) is 4.79 Å². The summed E-state index contributed by atoms with van der Waals surface area (Å²) < 4.78 is 36.2. The highest BCUT2D eigenvalue weighted by Crippen LogP contribution is 2.29. The van der Waals surface area contributed by atoms with Gasteiger partial charge in [-0.2, -0.15) is 13.2 Å². The first kappa shape index (κ1) is 12.9. The van der Waals surface area contributed by atoms with Gasteiger partial charge in [0.2, 0.25) is 0 Å². The van der Waals surface area contributed by atoms with E-state index in [2.05, 4.69) is 0 Å². The van der Waals surface area contributed by atoms with Gasteiger partial charge in [0.25, 0.3) is 0 Å². The summed E-state index contributed by atoms with van der Waals surface area (Å²) in [7, 11) is 0. The van der Waals surface area contributed by atoms with Crippen LogP contribution in [-0.2, 0) is 6.42 Å². The molecular weight excluding hydrogens is 243 g/mol. The second kappa shape index (κ2) is 5.00. The first-order valence-electron chi connectivity index (χ1n) is 5.89. The maximum atomic E-state index is 12.1. The van der Waals surface area contributed by atoms with Gasteiger partial charge in [0, 0.05) is 30.8 Å². The lowest BCUT2D eigenvalue weighted by molar-refractivity contribution is -0.135. The van der Waals surface area contributed by atoms with E-state index in [0.29, 0.717) is 12.1 Å². The molecular formula is C13H14F3NO. The van der Waals surface area contributed by atoms with Crippen LogP contribution in [0.4, 0.5) is 18.9 Å². The zero-order valence-corrected chi connectivity index (χ0v) is 9.83. The van der Waals surface area contributed by atoms with Gasteiger partial charge in [-0.15, -0.1) is 0 Å². The van der Waals surface area contributed by atoms with Crippen LogP contribution in [-0.4, -0.2) is 25.6 Å². The lowest BCUT2D eigenvalue weighted by atomic mass is 10.1. The largest absolute Gasteiger partial charge is 0.389 e. The number of carbonyl (C=O) groups is 1. The number of aldehydes is 1. The lowest BCUT2D eigenvalue weighted by Crippen LogP contribution is -2.23. The van der Waals surface area contributed by atoms with Crippen LogP contribution in [0.1, 0.15) is 28.8 Å². The van der Waals surface area contributed by atoms with Gasteiger partial charge in [0.1, 0.15) is 6.29 Å². The van der Waals surface area contributed by atoms with Gasteiger partial charge in [-0.05, 0) is 36.6 Å². The van der Waals surface area contributed by atoms with Crippen molar-refractivity contribution in [2.75, 3.05) is 18.0 Å². The zero-order valence-electron chi connectivity index (χ0n) is 9.83. The third kappa shape index (κ3) is 3.03. The minimum absolute atomic E-state index is 0.109. The van der Waals surface area contributed by atoms with Gasteiger partial charge >= 0.3 is 6.18 Å². The highest BCUT2D eigenvalue weighted by Gasteiger charge is 2.27. The smallest absolute Gasteiger partial charge is 0.371 e. The van der Waals surface area contributed by atoms with Crippen LogP contribution in [0.25, 0.3) is 0 Å². The van der Waals surface area contributed by atoms with E-state index in [1.165, 1.54) is 0 Å². The normalized spacial score (nSPS) is 14.7. The first-order chi connectivity index (χ1) is 8.49. The molecule has 0 atom stereocenters. The highest BCUT2D eigenvalue weighted by molar-refractivity contribution is 5.77. The molecule has 1 aliphatic heterocycles. The first-order valence-corrected chi connectivity index (χ1v) is 5.89. The summed E-state index contributed by atoms with van der Waals surface area (Å²) in [6, 6.07) is 5.33. The number of carbonyl (C=O) groups excluding carboxylic acids is 1. The van der Waals surface area contributed by atoms with Gasteiger partial charge < -0.3 is 4.90 Å². The van der Waals surface area contributed by atoms with Crippen molar-refractivity contribution in [1.82, 2.24) is 0 Å². The molecule has 0 spiro atoms. The van der Waals surface area contributed by atoms with Gasteiger partial charge in [-0.1, -0.05) is 0 Å². The Hall–Kier alpha value is -1.52. The van der Waals surface area contributed by atoms with Crippen LogP contribution in [0, 0.1) is 0 Å². The van der Waals surface area contributed by atoms with Crippen molar-refractivity contribution < 1.29 is 18.0 Å². The van der Waals surface area contributed by atoms with E-state index in [1.54, 1.807) is 6.07 Å². The Morgan fingerprint density at radius 1 is 1.33 bits per heavy atom. The minimum Gasteiger partial charge on any atom is -0.371 e. The molecule has 0 N–H and O–H groups in total. The van der Waals surface area contributed by atoms with Crippen LogP contribution >= 0.6 is 0 Å². The molecule has 2 nitrogen and oxygen atoms in total. The molecule has 0 saturated heterocycles. The molecule has 1 aromatic rings. The quantitative estimate of drug-likeness (QED) is 0.772. The molecule has 0 amide bonds. The Bertz CT molecular complexity index is 442. The number of fused-ring (bicyclic) bond motifs is 1. The SMILES string of the molecule is O=Cc1ccc2c(c1)CCN2CCCC(F)(F)F. The van der Waals surface area contributed by atoms with Crippen LogP contribution < -0.4 is 4.90 Å². The average Bonchev–Trinajstić information content (AvgIpc) is 2.70. The van der Waals surface area contributed by atoms with Crippen molar-refractivity contribution in [1.29, 1.82) is 0 Å². The Kier molecular flexibility index (Phi) is 3.59. The van der Waals surface area contributed by atoms with E-state index in [9.17, 15) is 18.0 Å². The maximum absolute atomic E-state index is 12.1. The third-order valence-electron chi connectivity index (χ3n) is 3.12. The second-order valence-corrected chi connectivity index (χ2v) is 4.46. The third-order valence-corrected chi connectivity index (χ3v) is 3.12. The summed E-state index contributed by atoms with van der Waals surface area (Å²) in [4.78, 5) is 12.6. The summed E-state index contributed by atoms with van der Waals surface area (Å²) in [6.07, 6.45) is -3.14. The predicted octanol–water partition coefficient (Wildman–Crippen LogP) is 3.20. The number of nitrogens with zero attached hydrogens (tertiary/aromatic N) is 1. The van der Waals surface area contributed by atoms with Crippen molar-refractivity contribution in [3.05, 3.63) is 29.3 Å². The second-order valence-electron chi connectivity index (χ2n) is 4.46. The van der Waals surface area contributed by atoms with Crippen molar-refractivity contribution in [3.8, 4) is 0 Å². The molecule has 1 heterocycles. The highest BCUT2D eigenvalue weighted by atomic mass is 19.4. The molecule has 98 valence electrons. The van der Waals surface area contributed by atoms with Crippen molar-refractivity contribution in [3.63, 3.8) is 0 Å². The molecule has 5 heteroatoms. The van der Waals surface area contributed by atoms with Crippen molar-refractivity contribution in [2.24, 2.45) is 0 Å². The van der Waals surface area contributed by atoms with E-state index in [-0.39, 0.29) is 6.42 Å². The van der Waals surface area contributed by atoms with E-state index >= 15 is 0 Å². The molecule has 0 aliphatic carbocycles. The fourth-order valence-electron chi connectivity index (χ4n) is 2.27. The molecule has 0 bridgehead atoms. The van der Waals surface area contributed by atoms with Gasteiger partial charge in [0.15, 0.2) is 0 Å². The average molecular weight is 257 g/mol. The molecule has 0 unspecified atom stereocenters. The fourth-order valence-corrected chi connectivity index (χ4v) is 2.27. The predicted molar refractivity (Wildman–Crippen MR) is 63.0 cm³/mol.